The monoisotopic (exact) mass is 265 g/mol. The normalized spacial score (nSPS) is 9.65. The molecule has 4 heteroatoms. The number of nitrogens with zero attached hydrogens (tertiary/aromatic N) is 1. The Balaban J connectivity index is 2.31. The van der Waals surface area contributed by atoms with Gasteiger partial charge in [-0.15, -0.1) is 0 Å². The first-order valence-corrected chi connectivity index (χ1v) is 6.24. The molecule has 2 rings (SSSR count). The van der Waals surface area contributed by atoms with Gasteiger partial charge in [-0.3, -0.25) is 4.79 Å². The summed E-state index contributed by atoms with van der Waals surface area (Å²) in [6.07, 6.45) is 0. The molecule has 0 aliphatic rings. The van der Waals surface area contributed by atoms with Gasteiger partial charge in [0.2, 0.25) is 0 Å². The number of anilines is 2. The fraction of sp³-hybridized carbons (Fsp3) is 0.125. The first-order chi connectivity index (χ1) is 9.65. The molecule has 0 unspecified atom stereocenters. The summed E-state index contributed by atoms with van der Waals surface area (Å²) in [5.41, 5.74) is 3.34. The fourth-order valence-corrected chi connectivity index (χ4v) is 1.94. The van der Waals surface area contributed by atoms with Crippen LogP contribution in [0.3, 0.4) is 0 Å². The van der Waals surface area contributed by atoms with Crippen LogP contribution in [0.25, 0.3) is 0 Å². The number of aryl methyl sites for hydroxylation is 1. The number of nitrogens with one attached hydrogen (secondary N) is 2. The van der Waals surface area contributed by atoms with Gasteiger partial charge >= 0.3 is 0 Å². The highest BCUT2D eigenvalue weighted by atomic mass is 16.1. The molecule has 0 atom stereocenters. The molecule has 0 fully saturated rings. The number of rotatable bonds is 3. The maximum absolute atomic E-state index is 12.3. The minimum absolute atomic E-state index is 0.239. The largest absolute Gasteiger partial charge is 0.387 e. The first kappa shape index (κ1) is 13.6. The lowest BCUT2D eigenvalue weighted by Crippen LogP contribution is -2.14. The van der Waals surface area contributed by atoms with Crippen LogP contribution >= 0.6 is 0 Å². The van der Waals surface area contributed by atoms with Gasteiger partial charge in [0.15, 0.2) is 0 Å². The molecule has 0 aliphatic carbocycles. The Bertz CT molecular complexity index is 686. The Morgan fingerprint density at radius 3 is 2.60 bits per heavy atom. The van der Waals surface area contributed by atoms with Crippen molar-refractivity contribution in [2.45, 2.75) is 6.92 Å². The summed E-state index contributed by atoms with van der Waals surface area (Å²) >= 11 is 0. The number of carbonyl (C=O) groups excluding carboxylic acids is 1. The highest BCUT2D eigenvalue weighted by Gasteiger charge is 2.12. The zero-order valence-corrected chi connectivity index (χ0v) is 11.4. The molecule has 0 saturated heterocycles. The van der Waals surface area contributed by atoms with Gasteiger partial charge in [0.25, 0.3) is 5.91 Å². The van der Waals surface area contributed by atoms with E-state index >= 15 is 0 Å². The molecule has 2 aromatic carbocycles. The lowest BCUT2D eigenvalue weighted by molar-refractivity contribution is 0.102. The van der Waals surface area contributed by atoms with Crippen LogP contribution in [-0.4, -0.2) is 13.0 Å². The van der Waals surface area contributed by atoms with E-state index in [0.717, 1.165) is 11.3 Å². The smallest absolute Gasteiger partial charge is 0.257 e. The predicted molar refractivity (Wildman–Crippen MR) is 79.8 cm³/mol. The predicted octanol–water partition coefficient (Wildman–Crippen LogP) is 3.16. The van der Waals surface area contributed by atoms with E-state index in [1.54, 1.807) is 37.4 Å². The zero-order valence-electron chi connectivity index (χ0n) is 11.4. The van der Waals surface area contributed by atoms with Gasteiger partial charge in [0.1, 0.15) is 6.07 Å². The van der Waals surface area contributed by atoms with Crippen molar-refractivity contribution >= 4 is 17.3 Å². The van der Waals surface area contributed by atoms with Gasteiger partial charge in [-0.25, -0.2) is 0 Å². The van der Waals surface area contributed by atoms with E-state index in [0.29, 0.717) is 16.8 Å². The van der Waals surface area contributed by atoms with Gasteiger partial charge in [0, 0.05) is 12.7 Å². The van der Waals surface area contributed by atoms with Gasteiger partial charge in [-0.2, -0.15) is 5.26 Å². The molecule has 0 aromatic heterocycles. The van der Waals surface area contributed by atoms with Crippen LogP contribution in [0.1, 0.15) is 21.5 Å². The number of hydrogen-bond donors (Lipinski definition) is 2. The van der Waals surface area contributed by atoms with E-state index in [4.69, 9.17) is 5.26 Å². The standard InChI is InChI=1S/C16H15N3O/c1-11-7-8-13(15(9-11)18-2)16(20)19-14-6-4-3-5-12(14)10-17/h3-9,18H,1-2H3,(H,19,20). The van der Waals surface area contributed by atoms with Crippen LogP contribution < -0.4 is 10.6 Å². The third-order valence-corrected chi connectivity index (χ3v) is 2.98. The van der Waals surface area contributed by atoms with Gasteiger partial charge in [-0.05, 0) is 36.8 Å². The molecule has 0 spiro atoms. The number of para-hydroxylation sites is 1. The van der Waals surface area contributed by atoms with Crippen molar-refractivity contribution in [3.63, 3.8) is 0 Å². The maximum Gasteiger partial charge on any atom is 0.257 e. The second-order valence-corrected chi connectivity index (χ2v) is 4.41. The van der Waals surface area contributed by atoms with E-state index in [-0.39, 0.29) is 5.91 Å². The van der Waals surface area contributed by atoms with Crippen molar-refractivity contribution in [1.29, 1.82) is 5.26 Å². The van der Waals surface area contributed by atoms with E-state index in [1.807, 2.05) is 19.1 Å². The average molecular weight is 265 g/mol. The Kier molecular flexibility index (Phi) is 4.02. The number of carbonyl (C=O) groups is 1. The minimum atomic E-state index is -0.239. The summed E-state index contributed by atoms with van der Waals surface area (Å²) in [6, 6.07) is 14.5. The third-order valence-electron chi connectivity index (χ3n) is 2.98. The molecular weight excluding hydrogens is 250 g/mol. The van der Waals surface area contributed by atoms with Crippen molar-refractivity contribution in [2.24, 2.45) is 0 Å². The lowest BCUT2D eigenvalue weighted by atomic mass is 10.1. The van der Waals surface area contributed by atoms with Crippen molar-refractivity contribution in [3.05, 3.63) is 59.2 Å². The summed E-state index contributed by atoms with van der Waals surface area (Å²) in [4.78, 5) is 12.3. The van der Waals surface area contributed by atoms with E-state index < -0.39 is 0 Å². The van der Waals surface area contributed by atoms with Crippen molar-refractivity contribution in [1.82, 2.24) is 0 Å². The van der Waals surface area contributed by atoms with Crippen LogP contribution in [0, 0.1) is 18.3 Å². The molecule has 2 N–H and O–H groups in total. The van der Waals surface area contributed by atoms with Crippen LogP contribution in [0.15, 0.2) is 42.5 Å². The fourth-order valence-electron chi connectivity index (χ4n) is 1.94. The molecule has 0 heterocycles. The average Bonchev–Trinajstić information content (AvgIpc) is 2.47. The Labute approximate surface area is 118 Å². The molecule has 4 nitrogen and oxygen atoms in total. The summed E-state index contributed by atoms with van der Waals surface area (Å²) in [5.74, 6) is -0.239. The Morgan fingerprint density at radius 1 is 1.15 bits per heavy atom. The van der Waals surface area contributed by atoms with E-state index in [9.17, 15) is 4.79 Å². The molecule has 100 valence electrons. The number of benzene rings is 2. The van der Waals surface area contributed by atoms with Gasteiger partial charge in [0.05, 0.1) is 16.8 Å². The lowest BCUT2D eigenvalue weighted by Gasteiger charge is -2.11. The molecule has 1 amide bonds. The molecule has 0 bridgehead atoms. The van der Waals surface area contributed by atoms with Crippen LogP contribution in [0.4, 0.5) is 11.4 Å². The number of hydrogen-bond acceptors (Lipinski definition) is 3. The van der Waals surface area contributed by atoms with Crippen LogP contribution in [0.5, 0.6) is 0 Å². The second kappa shape index (κ2) is 5.89. The molecule has 20 heavy (non-hydrogen) atoms. The van der Waals surface area contributed by atoms with Crippen LogP contribution in [-0.2, 0) is 0 Å². The SMILES string of the molecule is CNc1cc(C)ccc1C(=O)Nc1ccccc1C#N. The first-order valence-electron chi connectivity index (χ1n) is 6.24. The Morgan fingerprint density at radius 2 is 1.90 bits per heavy atom. The van der Waals surface area contributed by atoms with Crippen molar-refractivity contribution < 1.29 is 4.79 Å². The second-order valence-electron chi connectivity index (χ2n) is 4.41. The molecular formula is C16H15N3O. The maximum atomic E-state index is 12.3. The summed E-state index contributed by atoms with van der Waals surface area (Å²) < 4.78 is 0. The molecule has 0 saturated carbocycles. The summed E-state index contributed by atoms with van der Waals surface area (Å²) in [7, 11) is 1.77. The van der Waals surface area contributed by atoms with Gasteiger partial charge in [-0.1, -0.05) is 18.2 Å². The van der Waals surface area contributed by atoms with Crippen molar-refractivity contribution in [3.8, 4) is 6.07 Å². The zero-order chi connectivity index (χ0) is 14.5. The minimum Gasteiger partial charge on any atom is -0.387 e. The Hall–Kier alpha value is -2.80. The third kappa shape index (κ3) is 2.78. The van der Waals surface area contributed by atoms with E-state index in [1.165, 1.54) is 0 Å². The highest BCUT2D eigenvalue weighted by Crippen LogP contribution is 2.20. The molecule has 2 aromatic rings. The topological polar surface area (TPSA) is 64.9 Å². The number of amides is 1. The molecule has 0 radical (unpaired) electrons. The quantitative estimate of drug-likeness (QED) is 0.896. The summed E-state index contributed by atoms with van der Waals surface area (Å²) in [6.45, 7) is 1.97. The summed E-state index contributed by atoms with van der Waals surface area (Å²) in [5, 5.41) is 14.8. The van der Waals surface area contributed by atoms with Gasteiger partial charge < -0.3 is 10.6 Å². The number of nitriles is 1. The van der Waals surface area contributed by atoms with Crippen LogP contribution in [0.2, 0.25) is 0 Å². The van der Waals surface area contributed by atoms with E-state index in [2.05, 4.69) is 16.7 Å². The molecule has 0 aliphatic heterocycles. The highest BCUT2D eigenvalue weighted by molar-refractivity contribution is 6.08. The van der Waals surface area contributed by atoms with Crippen molar-refractivity contribution in [2.75, 3.05) is 17.7 Å².